The summed E-state index contributed by atoms with van der Waals surface area (Å²) in [5, 5.41) is 6.58. The summed E-state index contributed by atoms with van der Waals surface area (Å²) in [7, 11) is 0. The van der Waals surface area contributed by atoms with Gasteiger partial charge in [0.1, 0.15) is 22.3 Å². The van der Waals surface area contributed by atoms with E-state index in [1.54, 1.807) is 0 Å². The van der Waals surface area contributed by atoms with E-state index in [0.717, 1.165) is 99.2 Å². The van der Waals surface area contributed by atoms with Crippen LogP contribution in [0.1, 0.15) is 0 Å². The predicted octanol–water partition coefficient (Wildman–Crippen LogP) is 13.4. The lowest BCUT2D eigenvalue weighted by molar-refractivity contribution is 0.668. The SMILES string of the molecule is c1ccc(-c2nc(-c3cc(-c4ccccc4)c4c(c3)oc3ccccc34)nc(-c3ccccc3-n3c4ccccc4c4ccc5oc6ccccc6c5c43)n2)cc1. The lowest BCUT2D eigenvalue weighted by Crippen LogP contribution is -2.03. The number of benzene rings is 8. The zero-order valence-corrected chi connectivity index (χ0v) is 30.4. The van der Waals surface area contributed by atoms with Crippen LogP contribution >= 0.6 is 0 Å². The van der Waals surface area contributed by atoms with Crippen LogP contribution in [0.25, 0.3) is 117 Å². The van der Waals surface area contributed by atoms with Gasteiger partial charge in [-0.15, -0.1) is 0 Å². The van der Waals surface area contributed by atoms with Crippen molar-refractivity contribution in [3.8, 4) is 51.0 Å². The van der Waals surface area contributed by atoms with Gasteiger partial charge in [-0.25, -0.2) is 15.0 Å². The number of nitrogens with zero attached hydrogens (tertiary/aromatic N) is 4. The van der Waals surface area contributed by atoms with Crippen LogP contribution in [0.2, 0.25) is 0 Å². The van der Waals surface area contributed by atoms with Crippen molar-refractivity contribution in [2.75, 3.05) is 0 Å². The Morgan fingerprint density at radius 3 is 1.70 bits per heavy atom. The molecule has 0 spiro atoms. The van der Waals surface area contributed by atoms with Gasteiger partial charge in [0, 0.05) is 43.6 Å². The van der Waals surface area contributed by atoms with Crippen molar-refractivity contribution >= 4 is 65.7 Å². The molecule has 6 nitrogen and oxygen atoms in total. The Labute approximate surface area is 325 Å². The molecule has 0 radical (unpaired) electrons. The van der Waals surface area contributed by atoms with Gasteiger partial charge < -0.3 is 13.4 Å². The Morgan fingerprint density at radius 2 is 0.930 bits per heavy atom. The van der Waals surface area contributed by atoms with Crippen molar-refractivity contribution in [1.82, 2.24) is 19.5 Å². The average Bonchev–Trinajstić information content (AvgIpc) is 3.96. The molecule has 4 heterocycles. The monoisotopic (exact) mass is 730 g/mol. The first-order chi connectivity index (χ1) is 28.3. The highest BCUT2D eigenvalue weighted by molar-refractivity contribution is 6.24. The van der Waals surface area contributed by atoms with Crippen LogP contribution in [-0.4, -0.2) is 19.5 Å². The van der Waals surface area contributed by atoms with Crippen LogP contribution in [0.4, 0.5) is 0 Å². The molecule has 0 aliphatic heterocycles. The fraction of sp³-hybridized carbons (Fsp3) is 0. The van der Waals surface area contributed by atoms with Gasteiger partial charge in [-0.3, -0.25) is 0 Å². The summed E-state index contributed by atoms with van der Waals surface area (Å²) in [4.78, 5) is 15.7. The largest absolute Gasteiger partial charge is 0.456 e. The molecule has 0 atom stereocenters. The molecule has 0 unspecified atom stereocenters. The maximum atomic E-state index is 6.53. The Morgan fingerprint density at radius 1 is 0.351 bits per heavy atom. The van der Waals surface area contributed by atoms with Crippen LogP contribution in [0.5, 0.6) is 0 Å². The molecule has 0 amide bonds. The molecule has 0 N–H and O–H groups in total. The molecule has 12 rings (SSSR count). The molecule has 12 aromatic rings. The van der Waals surface area contributed by atoms with E-state index < -0.39 is 0 Å². The molecule has 0 fully saturated rings. The van der Waals surface area contributed by atoms with Gasteiger partial charge in [-0.2, -0.15) is 0 Å². The van der Waals surface area contributed by atoms with E-state index in [-0.39, 0.29) is 0 Å². The summed E-state index contributed by atoms with van der Waals surface area (Å²) in [5.74, 6) is 1.70. The molecule has 266 valence electrons. The number of hydrogen-bond donors (Lipinski definition) is 0. The summed E-state index contributed by atoms with van der Waals surface area (Å²) >= 11 is 0. The average molecular weight is 731 g/mol. The lowest BCUT2D eigenvalue weighted by atomic mass is 9.97. The fourth-order valence-electron chi connectivity index (χ4n) is 8.54. The molecule has 4 aromatic heterocycles. The highest BCUT2D eigenvalue weighted by Crippen LogP contribution is 2.43. The molecule has 6 heteroatoms. The third-order valence-electron chi connectivity index (χ3n) is 11.0. The van der Waals surface area contributed by atoms with E-state index >= 15 is 0 Å². The van der Waals surface area contributed by atoms with Crippen molar-refractivity contribution in [2.24, 2.45) is 0 Å². The van der Waals surface area contributed by atoms with E-state index in [1.807, 2.05) is 60.7 Å². The maximum Gasteiger partial charge on any atom is 0.166 e. The van der Waals surface area contributed by atoms with E-state index in [1.165, 1.54) is 0 Å². The molecule has 0 aliphatic carbocycles. The number of aromatic nitrogens is 4. The zero-order valence-electron chi connectivity index (χ0n) is 30.4. The van der Waals surface area contributed by atoms with Gasteiger partial charge >= 0.3 is 0 Å². The molecular weight excluding hydrogens is 701 g/mol. The standard InChI is InChI=1S/C51H30N4O2/c1-3-15-31(16-4-1)39-29-33(30-45-46(39)37-21-9-13-25-42(37)57-45)50-52-49(32-17-5-2-6-18-32)53-51(54-50)36-20-8-12-24-41(36)55-40-23-11-7-19-34(40)35-27-28-44-47(48(35)55)38-22-10-14-26-43(38)56-44/h1-30H. The first-order valence-corrected chi connectivity index (χ1v) is 19.0. The van der Waals surface area contributed by atoms with Crippen LogP contribution < -0.4 is 0 Å². The smallest absolute Gasteiger partial charge is 0.166 e. The Bertz CT molecular complexity index is 3530. The van der Waals surface area contributed by atoms with Crippen molar-refractivity contribution < 1.29 is 8.83 Å². The molecule has 0 bridgehead atoms. The van der Waals surface area contributed by atoms with Crippen LogP contribution in [0, 0.1) is 0 Å². The maximum absolute atomic E-state index is 6.53. The van der Waals surface area contributed by atoms with Gasteiger partial charge in [-0.05, 0) is 65.7 Å². The van der Waals surface area contributed by atoms with Crippen molar-refractivity contribution in [2.45, 2.75) is 0 Å². The van der Waals surface area contributed by atoms with Crippen LogP contribution in [-0.2, 0) is 0 Å². The number of para-hydroxylation sites is 4. The molecular formula is C51H30N4O2. The minimum Gasteiger partial charge on any atom is -0.456 e. The minimum atomic E-state index is 0.554. The second-order valence-electron chi connectivity index (χ2n) is 14.3. The Balaban J connectivity index is 1.15. The molecule has 8 aromatic carbocycles. The zero-order chi connectivity index (χ0) is 37.5. The summed E-state index contributed by atoms with van der Waals surface area (Å²) in [6, 6.07) is 62.5. The van der Waals surface area contributed by atoms with Crippen LogP contribution in [0.3, 0.4) is 0 Å². The second kappa shape index (κ2) is 12.3. The van der Waals surface area contributed by atoms with Crippen molar-refractivity contribution in [1.29, 1.82) is 0 Å². The lowest BCUT2D eigenvalue weighted by Gasteiger charge is -2.15. The number of fused-ring (bicyclic) bond motifs is 10. The third kappa shape index (κ3) is 4.87. The first-order valence-electron chi connectivity index (χ1n) is 19.0. The number of furan rings is 2. The van der Waals surface area contributed by atoms with Gasteiger partial charge in [0.05, 0.1) is 22.1 Å². The predicted molar refractivity (Wildman–Crippen MR) is 230 cm³/mol. The van der Waals surface area contributed by atoms with E-state index in [0.29, 0.717) is 17.5 Å². The van der Waals surface area contributed by atoms with Gasteiger partial charge in [0.15, 0.2) is 17.5 Å². The normalized spacial score (nSPS) is 11.9. The molecule has 0 aliphatic rings. The summed E-state index contributed by atoms with van der Waals surface area (Å²) in [5.41, 5.74) is 11.2. The van der Waals surface area contributed by atoms with Gasteiger partial charge in [0.25, 0.3) is 0 Å². The van der Waals surface area contributed by atoms with E-state index in [9.17, 15) is 0 Å². The highest BCUT2D eigenvalue weighted by Gasteiger charge is 2.23. The first kappa shape index (κ1) is 31.5. The van der Waals surface area contributed by atoms with Crippen molar-refractivity contribution in [3.63, 3.8) is 0 Å². The Kier molecular flexibility index (Phi) is 6.83. The van der Waals surface area contributed by atoms with Crippen LogP contribution in [0.15, 0.2) is 191 Å². The number of rotatable bonds is 5. The second-order valence-corrected chi connectivity index (χ2v) is 14.3. The Hall–Kier alpha value is -7.83. The minimum absolute atomic E-state index is 0.554. The van der Waals surface area contributed by atoms with Crippen molar-refractivity contribution in [3.05, 3.63) is 182 Å². The third-order valence-corrected chi connectivity index (χ3v) is 11.0. The summed E-state index contributed by atoms with van der Waals surface area (Å²) in [6.45, 7) is 0. The van der Waals surface area contributed by atoms with Gasteiger partial charge in [0.2, 0.25) is 0 Å². The number of hydrogen-bond acceptors (Lipinski definition) is 5. The quantitative estimate of drug-likeness (QED) is 0.176. The fourth-order valence-corrected chi connectivity index (χ4v) is 8.54. The topological polar surface area (TPSA) is 69.9 Å². The van der Waals surface area contributed by atoms with E-state index in [4.69, 9.17) is 23.8 Å². The van der Waals surface area contributed by atoms with E-state index in [2.05, 4.69) is 126 Å². The molecule has 0 saturated heterocycles. The summed E-state index contributed by atoms with van der Waals surface area (Å²) < 4.78 is 15.3. The molecule has 57 heavy (non-hydrogen) atoms. The van der Waals surface area contributed by atoms with Gasteiger partial charge in [-0.1, -0.05) is 127 Å². The summed E-state index contributed by atoms with van der Waals surface area (Å²) in [6.07, 6.45) is 0. The molecule has 0 saturated carbocycles. The highest BCUT2D eigenvalue weighted by atomic mass is 16.3.